The third-order valence-corrected chi connectivity index (χ3v) is 3.69. The Balaban J connectivity index is 1.92. The van der Waals surface area contributed by atoms with Gasteiger partial charge in [0.05, 0.1) is 5.69 Å². The topological polar surface area (TPSA) is 49.9 Å². The summed E-state index contributed by atoms with van der Waals surface area (Å²) < 4.78 is 5.39. The lowest BCUT2D eigenvalue weighted by Crippen LogP contribution is -2.41. The number of benzene rings is 1. The molecule has 0 saturated carbocycles. The average molecular weight is 302 g/mol. The van der Waals surface area contributed by atoms with Gasteiger partial charge in [-0.25, -0.2) is 0 Å². The summed E-state index contributed by atoms with van der Waals surface area (Å²) in [6.07, 6.45) is 3.96. The number of anilines is 1. The number of amides is 2. The molecule has 118 valence electrons. The number of rotatable bonds is 7. The van der Waals surface area contributed by atoms with Crippen LogP contribution >= 0.6 is 0 Å². The van der Waals surface area contributed by atoms with Gasteiger partial charge in [-0.2, -0.15) is 0 Å². The number of para-hydroxylation sites is 2. The molecule has 0 N–H and O–H groups in total. The zero-order valence-electron chi connectivity index (χ0n) is 13.0. The van der Waals surface area contributed by atoms with E-state index in [1.807, 2.05) is 30.3 Å². The van der Waals surface area contributed by atoms with Gasteiger partial charge < -0.3 is 14.5 Å². The maximum atomic E-state index is 12.1. The summed E-state index contributed by atoms with van der Waals surface area (Å²) in [5.41, 5.74) is 0.737. The number of ether oxygens (including phenoxy) is 1. The van der Waals surface area contributed by atoms with Crippen LogP contribution in [-0.2, 0) is 9.59 Å². The second kappa shape index (κ2) is 7.64. The maximum Gasteiger partial charge on any atom is 0.265 e. The summed E-state index contributed by atoms with van der Waals surface area (Å²) in [7, 11) is 1.79. The molecule has 2 amide bonds. The molecule has 1 aliphatic heterocycles. The molecule has 0 aliphatic carbocycles. The van der Waals surface area contributed by atoms with Crippen LogP contribution in [0.2, 0.25) is 0 Å². The number of allylic oxidation sites excluding steroid dienone is 1. The van der Waals surface area contributed by atoms with Crippen molar-refractivity contribution in [1.82, 2.24) is 4.90 Å². The Kier molecular flexibility index (Phi) is 5.58. The van der Waals surface area contributed by atoms with Gasteiger partial charge in [0.15, 0.2) is 6.61 Å². The number of nitrogens with zero attached hydrogens (tertiary/aromatic N) is 2. The van der Waals surface area contributed by atoms with Gasteiger partial charge in [-0.05, 0) is 25.0 Å². The van der Waals surface area contributed by atoms with E-state index < -0.39 is 0 Å². The molecule has 0 bridgehead atoms. The molecule has 0 atom stereocenters. The predicted octanol–water partition coefficient (Wildman–Crippen LogP) is 2.23. The molecule has 1 aromatic rings. The van der Waals surface area contributed by atoms with Crippen LogP contribution in [-0.4, -0.2) is 43.5 Å². The van der Waals surface area contributed by atoms with Crippen molar-refractivity contribution < 1.29 is 14.3 Å². The number of carbonyl (C=O) groups excluding carboxylic acids is 2. The molecule has 0 aromatic heterocycles. The van der Waals surface area contributed by atoms with Gasteiger partial charge >= 0.3 is 0 Å². The van der Waals surface area contributed by atoms with Crippen LogP contribution in [0.3, 0.4) is 0 Å². The third kappa shape index (κ3) is 3.87. The minimum Gasteiger partial charge on any atom is -0.482 e. The fourth-order valence-corrected chi connectivity index (χ4v) is 2.39. The summed E-state index contributed by atoms with van der Waals surface area (Å²) in [5.74, 6) is 0.621. The molecule has 0 radical (unpaired) electrons. The van der Waals surface area contributed by atoms with E-state index in [2.05, 4.69) is 6.58 Å². The molecule has 0 spiro atoms. The van der Waals surface area contributed by atoms with Crippen molar-refractivity contribution in [3.8, 4) is 5.75 Å². The Bertz CT molecular complexity index is 557. The zero-order valence-corrected chi connectivity index (χ0v) is 13.0. The number of fused-ring (bicyclic) bond motifs is 1. The van der Waals surface area contributed by atoms with Crippen LogP contribution in [0.4, 0.5) is 5.69 Å². The van der Waals surface area contributed by atoms with Crippen molar-refractivity contribution in [3.05, 3.63) is 36.9 Å². The lowest BCUT2D eigenvalue weighted by Gasteiger charge is -2.29. The predicted molar refractivity (Wildman–Crippen MR) is 86.0 cm³/mol. The molecule has 0 unspecified atom stereocenters. The summed E-state index contributed by atoms with van der Waals surface area (Å²) in [6.45, 7) is 4.78. The highest BCUT2D eigenvalue weighted by Crippen LogP contribution is 2.31. The molecular weight excluding hydrogens is 280 g/mol. The van der Waals surface area contributed by atoms with E-state index in [4.69, 9.17) is 4.74 Å². The molecule has 1 aliphatic rings. The van der Waals surface area contributed by atoms with E-state index in [9.17, 15) is 9.59 Å². The van der Waals surface area contributed by atoms with Crippen LogP contribution in [0.1, 0.15) is 19.3 Å². The van der Waals surface area contributed by atoms with E-state index >= 15 is 0 Å². The fraction of sp³-hybridized carbons (Fsp3) is 0.412. The fourth-order valence-electron chi connectivity index (χ4n) is 2.39. The minimum atomic E-state index is -0.110. The van der Waals surface area contributed by atoms with Crippen molar-refractivity contribution in [2.24, 2.45) is 0 Å². The van der Waals surface area contributed by atoms with Gasteiger partial charge in [0.1, 0.15) is 5.75 Å². The van der Waals surface area contributed by atoms with E-state index in [0.29, 0.717) is 25.3 Å². The van der Waals surface area contributed by atoms with Crippen molar-refractivity contribution in [1.29, 1.82) is 0 Å². The summed E-state index contributed by atoms with van der Waals surface area (Å²) in [4.78, 5) is 27.5. The van der Waals surface area contributed by atoms with Crippen LogP contribution in [0, 0.1) is 0 Å². The molecule has 0 saturated heterocycles. The summed E-state index contributed by atoms with van der Waals surface area (Å²) in [6, 6.07) is 7.39. The van der Waals surface area contributed by atoms with Crippen LogP contribution < -0.4 is 9.64 Å². The molecule has 5 heteroatoms. The quantitative estimate of drug-likeness (QED) is 0.573. The first-order chi connectivity index (χ1) is 10.6. The Labute approximate surface area is 131 Å². The minimum absolute atomic E-state index is 0.0282. The normalized spacial score (nSPS) is 13.3. The highest BCUT2D eigenvalue weighted by Gasteiger charge is 2.25. The highest BCUT2D eigenvalue weighted by atomic mass is 16.5. The van der Waals surface area contributed by atoms with Gasteiger partial charge in [0, 0.05) is 26.6 Å². The van der Waals surface area contributed by atoms with Gasteiger partial charge in [-0.1, -0.05) is 18.2 Å². The first kappa shape index (κ1) is 16.1. The second-order valence-corrected chi connectivity index (χ2v) is 5.30. The molecule has 2 rings (SSSR count). The third-order valence-electron chi connectivity index (χ3n) is 3.69. The Morgan fingerprint density at radius 3 is 3.00 bits per heavy atom. The van der Waals surface area contributed by atoms with Gasteiger partial charge in [-0.15, -0.1) is 6.58 Å². The van der Waals surface area contributed by atoms with Gasteiger partial charge in [-0.3, -0.25) is 9.59 Å². The Morgan fingerprint density at radius 1 is 1.45 bits per heavy atom. The smallest absolute Gasteiger partial charge is 0.265 e. The average Bonchev–Trinajstić information content (AvgIpc) is 2.53. The van der Waals surface area contributed by atoms with Crippen molar-refractivity contribution in [2.45, 2.75) is 19.3 Å². The molecule has 5 nitrogen and oxygen atoms in total. The van der Waals surface area contributed by atoms with E-state index in [1.165, 1.54) is 0 Å². The zero-order chi connectivity index (χ0) is 15.9. The monoisotopic (exact) mass is 302 g/mol. The van der Waals surface area contributed by atoms with Crippen molar-refractivity contribution in [2.75, 3.05) is 31.6 Å². The lowest BCUT2D eigenvalue weighted by molar-refractivity contribution is -0.129. The SMILES string of the molecule is C=CCCCN(C)C(=O)CCN1C(=O)COc2ccccc21. The first-order valence-corrected chi connectivity index (χ1v) is 7.50. The number of unbranched alkanes of at least 4 members (excludes halogenated alkanes) is 1. The van der Waals surface area contributed by atoms with Gasteiger partial charge in [0.25, 0.3) is 5.91 Å². The molecule has 1 heterocycles. The standard InChI is InChI=1S/C17H22N2O3/c1-3-4-7-11-18(2)16(20)10-12-19-14-8-5-6-9-15(14)22-13-17(19)21/h3,5-6,8-9H,1,4,7,10-13H2,2H3. The largest absolute Gasteiger partial charge is 0.482 e. The van der Waals surface area contributed by atoms with Crippen LogP contribution in [0.25, 0.3) is 0 Å². The van der Waals surface area contributed by atoms with E-state index in [0.717, 1.165) is 18.5 Å². The number of carbonyl (C=O) groups is 2. The lowest BCUT2D eigenvalue weighted by atomic mass is 10.2. The molecule has 22 heavy (non-hydrogen) atoms. The van der Waals surface area contributed by atoms with Gasteiger partial charge in [0.2, 0.25) is 5.91 Å². The van der Waals surface area contributed by atoms with Crippen molar-refractivity contribution in [3.63, 3.8) is 0 Å². The maximum absolute atomic E-state index is 12.1. The molecule has 0 fully saturated rings. The first-order valence-electron chi connectivity index (χ1n) is 7.50. The highest BCUT2D eigenvalue weighted by molar-refractivity contribution is 5.98. The number of hydrogen-bond donors (Lipinski definition) is 0. The second-order valence-electron chi connectivity index (χ2n) is 5.30. The summed E-state index contributed by atoms with van der Waals surface area (Å²) >= 11 is 0. The molecular formula is C17H22N2O3. The van der Waals surface area contributed by atoms with E-state index in [-0.39, 0.29) is 18.4 Å². The van der Waals surface area contributed by atoms with E-state index in [1.54, 1.807) is 16.8 Å². The Morgan fingerprint density at radius 2 is 2.23 bits per heavy atom. The van der Waals surface area contributed by atoms with Crippen LogP contribution in [0.5, 0.6) is 5.75 Å². The van der Waals surface area contributed by atoms with Crippen molar-refractivity contribution >= 4 is 17.5 Å². The van der Waals surface area contributed by atoms with Crippen LogP contribution in [0.15, 0.2) is 36.9 Å². The summed E-state index contributed by atoms with van der Waals surface area (Å²) in [5, 5.41) is 0. The number of hydrogen-bond acceptors (Lipinski definition) is 3. The molecule has 1 aromatic carbocycles. The Hall–Kier alpha value is -2.30.